The largest absolute Gasteiger partial charge is 0.393 e. The van der Waals surface area contributed by atoms with E-state index in [1.54, 1.807) is 5.57 Å². The molecule has 0 bridgehead atoms. The minimum absolute atomic E-state index is 0.0963. The molecule has 3 saturated carbocycles. The smallest absolute Gasteiger partial charge is 0.0921 e. The zero-order valence-corrected chi connectivity index (χ0v) is 15.7. The normalized spacial score (nSPS) is 49.1. The highest BCUT2D eigenvalue weighted by Crippen LogP contribution is 2.67. The Morgan fingerprint density at radius 3 is 2.80 bits per heavy atom. The number of hydrogen-bond acceptors (Lipinski definition) is 2. The summed E-state index contributed by atoms with van der Waals surface area (Å²) in [7, 11) is 0. The van der Waals surface area contributed by atoms with Crippen molar-refractivity contribution in [3.8, 4) is 0 Å². The van der Waals surface area contributed by atoms with Gasteiger partial charge in [-0.15, -0.1) is 0 Å². The number of rotatable bonds is 1. The molecule has 3 nitrogen and oxygen atoms in total. The van der Waals surface area contributed by atoms with E-state index in [4.69, 9.17) is 0 Å². The van der Waals surface area contributed by atoms with E-state index in [-0.39, 0.29) is 6.10 Å². The van der Waals surface area contributed by atoms with Gasteiger partial charge in [-0.1, -0.05) is 25.5 Å². The quantitative estimate of drug-likeness (QED) is 0.720. The van der Waals surface area contributed by atoms with Crippen molar-refractivity contribution in [2.45, 2.75) is 77.2 Å². The summed E-state index contributed by atoms with van der Waals surface area (Å²) in [6.45, 7) is 5.09. The van der Waals surface area contributed by atoms with E-state index in [0.717, 1.165) is 30.6 Å². The van der Waals surface area contributed by atoms with Gasteiger partial charge >= 0.3 is 0 Å². The Hall–Kier alpha value is -1.09. The van der Waals surface area contributed by atoms with Crippen LogP contribution in [0.25, 0.3) is 0 Å². The van der Waals surface area contributed by atoms with E-state index in [1.807, 2.05) is 6.33 Å². The number of aliphatic hydroxyl groups is 1. The average molecular weight is 341 g/mol. The van der Waals surface area contributed by atoms with Crippen LogP contribution in [-0.2, 0) is 0 Å². The summed E-state index contributed by atoms with van der Waals surface area (Å²) in [5, 5.41) is 10.1. The molecule has 0 spiro atoms. The summed E-state index contributed by atoms with van der Waals surface area (Å²) in [6, 6.07) is 0. The molecule has 5 rings (SSSR count). The van der Waals surface area contributed by atoms with Crippen LogP contribution in [0.3, 0.4) is 0 Å². The van der Waals surface area contributed by atoms with Crippen molar-refractivity contribution in [2.75, 3.05) is 0 Å². The van der Waals surface area contributed by atoms with Crippen molar-refractivity contribution in [3.05, 3.63) is 29.9 Å². The van der Waals surface area contributed by atoms with Crippen molar-refractivity contribution < 1.29 is 5.11 Å². The van der Waals surface area contributed by atoms with Gasteiger partial charge in [0.2, 0.25) is 0 Å². The molecule has 4 aliphatic rings. The molecule has 0 unspecified atom stereocenters. The van der Waals surface area contributed by atoms with Crippen molar-refractivity contribution in [1.82, 2.24) is 9.97 Å². The zero-order valence-electron chi connectivity index (χ0n) is 15.7. The highest BCUT2D eigenvalue weighted by atomic mass is 16.3. The van der Waals surface area contributed by atoms with Gasteiger partial charge in [0.1, 0.15) is 0 Å². The van der Waals surface area contributed by atoms with Crippen molar-refractivity contribution >= 4 is 0 Å². The maximum atomic E-state index is 10.1. The molecule has 25 heavy (non-hydrogen) atoms. The number of imidazole rings is 1. The van der Waals surface area contributed by atoms with Gasteiger partial charge in [-0.05, 0) is 80.0 Å². The average Bonchev–Trinajstić information content (AvgIpc) is 3.22. The summed E-state index contributed by atoms with van der Waals surface area (Å²) < 4.78 is 0. The van der Waals surface area contributed by atoms with Gasteiger partial charge < -0.3 is 10.1 Å². The van der Waals surface area contributed by atoms with E-state index in [0.29, 0.717) is 16.7 Å². The first-order valence-corrected chi connectivity index (χ1v) is 10.4. The third-order valence-corrected chi connectivity index (χ3v) is 8.97. The molecule has 2 N–H and O–H groups in total. The number of nitrogens with zero attached hydrogens (tertiary/aromatic N) is 1. The first-order chi connectivity index (χ1) is 12.0. The van der Waals surface area contributed by atoms with Crippen LogP contribution in [0.15, 0.2) is 24.2 Å². The summed E-state index contributed by atoms with van der Waals surface area (Å²) in [4.78, 5) is 7.72. The van der Waals surface area contributed by atoms with Crippen LogP contribution in [0.2, 0.25) is 0 Å². The lowest BCUT2D eigenvalue weighted by Gasteiger charge is -2.58. The molecule has 0 aliphatic heterocycles. The van der Waals surface area contributed by atoms with Gasteiger partial charge in [0.25, 0.3) is 0 Å². The first-order valence-electron chi connectivity index (χ1n) is 10.4. The highest BCUT2D eigenvalue weighted by molar-refractivity contribution is 5.26. The third-order valence-electron chi connectivity index (χ3n) is 8.97. The molecule has 0 aromatic carbocycles. The SMILES string of the molecule is C[C@]12CC[C@H]3[C@@H](CC=C4C[C@H](O)CC[C@@]43C)[C@@H]1CC[C@H]2c1cnc[nH]1. The summed E-state index contributed by atoms with van der Waals surface area (Å²) in [6.07, 6.45) is 16.1. The number of nitrogens with one attached hydrogen (secondary N) is 1. The molecule has 1 aromatic rings. The number of H-pyrrole nitrogens is 1. The van der Waals surface area contributed by atoms with Crippen LogP contribution in [-0.4, -0.2) is 21.2 Å². The topological polar surface area (TPSA) is 48.9 Å². The molecular formula is C22H32N2O. The molecule has 1 aromatic heterocycles. The standard InChI is InChI=1S/C22H32N2O/c1-21-9-7-15(25)11-14(21)3-4-16-17-5-6-19(20-12-23-13-24-20)22(17,2)10-8-18(16)21/h3,12-13,15-19,25H,4-11H2,1-2H3,(H,23,24)/t15-,16+,17+,18+,19+,21+,22+/m1/s1. The van der Waals surface area contributed by atoms with E-state index in [1.165, 1.54) is 44.2 Å². The number of aromatic amines is 1. The fourth-order valence-corrected chi connectivity index (χ4v) is 7.61. The minimum Gasteiger partial charge on any atom is -0.393 e. The molecule has 3 fully saturated rings. The molecule has 1 heterocycles. The second-order valence-electron chi connectivity index (χ2n) is 9.84. The Morgan fingerprint density at radius 2 is 2.00 bits per heavy atom. The lowest BCUT2D eigenvalue weighted by molar-refractivity contribution is -0.0412. The molecular weight excluding hydrogens is 308 g/mol. The molecule has 4 aliphatic carbocycles. The Balaban J connectivity index is 1.47. The van der Waals surface area contributed by atoms with Gasteiger partial charge in [0.15, 0.2) is 0 Å². The Labute approximate surface area is 151 Å². The molecule has 3 heteroatoms. The predicted octanol–water partition coefficient (Wildman–Crippen LogP) is 4.82. The second kappa shape index (κ2) is 5.45. The second-order valence-corrected chi connectivity index (χ2v) is 9.84. The van der Waals surface area contributed by atoms with Gasteiger partial charge in [-0.3, -0.25) is 0 Å². The minimum atomic E-state index is -0.0963. The monoisotopic (exact) mass is 340 g/mol. The molecule has 136 valence electrons. The summed E-state index contributed by atoms with van der Waals surface area (Å²) >= 11 is 0. The number of aromatic nitrogens is 2. The van der Waals surface area contributed by atoms with E-state index < -0.39 is 0 Å². The molecule has 7 atom stereocenters. The Morgan fingerprint density at radius 1 is 1.12 bits per heavy atom. The highest BCUT2D eigenvalue weighted by Gasteiger charge is 2.58. The number of fused-ring (bicyclic) bond motifs is 5. The van der Waals surface area contributed by atoms with Crippen LogP contribution in [0.1, 0.15) is 76.8 Å². The fourth-order valence-electron chi connectivity index (χ4n) is 7.61. The molecule has 0 amide bonds. The molecule has 0 radical (unpaired) electrons. The van der Waals surface area contributed by atoms with Crippen LogP contribution in [0.4, 0.5) is 0 Å². The number of hydrogen-bond donors (Lipinski definition) is 2. The molecule has 0 saturated heterocycles. The van der Waals surface area contributed by atoms with E-state index in [2.05, 4.69) is 36.1 Å². The van der Waals surface area contributed by atoms with Gasteiger partial charge in [0, 0.05) is 17.8 Å². The van der Waals surface area contributed by atoms with Crippen LogP contribution in [0.5, 0.6) is 0 Å². The Kier molecular flexibility index (Phi) is 3.51. The lowest BCUT2D eigenvalue weighted by atomic mass is 9.47. The third kappa shape index (κ3) is 2.17. The maximum Gasteiger partial charge on any atom is 0.0921 e. The van der Waals surface area contributed by atoms with Crippen molar-refractivity contribution in [3.63, 3.8) is 0 Å². The fraction of sp³-hybridized carbons (Fsp3) is 0.773. The number of allylic oxidation sites excluding steroid dienone is 1. The predicted molar refractivity (Wildman–Crippen MR) is 99.0 cm³/mol. The van der Waals surface area contributed by atoms with Crippen molar-refractivity contribution in [1.29, 1.82) is 0 Å². The van der Waals surface area contributed by atoms with Gasteiger partial charge in [0.05, 0.1) is 12.4 Å². The van der Waals surface area contributed by atoms with Crippen LogP contribution < -0.4 is 0 Å². The van der Waals surface area contributed by atoms with Crippen molar-refractivity contribution in [2.24, 2.45) is 28.6 Å². The van der Waals surface area contributed by atoms with E-state index >= 15 is 0 Å². The van der Waals surface area contributed by atoms with E-state index in [9.17, 15) is 5.11 Å². The maximum absolute atomic E-state index is 10.1. The van der Waals surface area contributed by atoms with Gasteiger partial charge in [-0.25, -0.2) is 4.98 Å². The summed E-state index contributed by atoms with van der Waals surface area (Å²) in [5.41, 5.74) is 3.74. The summed E-state index contributed by atoms with van der Waals surface area (Å²) in [5.74, 6) is 3.18. The van der Waals surface area contributed by atoms with Gasteiger partial charge in [-0.2, -0.15) is 0 Å². The Bertz CT molecular complexity index is 680. The first kappa shape index (κ1) is 16.1. The number of aliphatic hydroxyl groups excluding tert-OH is 1. The zero-order chi connectivity index (χ0) is 17.2. The van der Waals surface area contributed by atoms with Crippen LogP contribution >= 0.6 is 0 Å². The van der Waals surface area contributed by atoms with Crippen LogP contribution in [0, 0.1) is 28.6 Å². The lowest BCUT2D eigenvalue weighted by Crippen LogP contribution is -2.50.